The molecule has 1 aromatic carbocycles. The van der Waals surface area contributed by atoms with Gasteiger partial charge in [0.05, 0.1) is 12.7 Å². The van der Waals surface area contributed by atoms with Crippen LogP contribution in [0.3, 0.4) is 0 Å². The van der Waals surface area contributed by atoms with E-state index in [1.54, 1.807) is 0 Å². The quantitative estimate of drug-likeness (QED) is 0.933. The fraction of sp³-hybridized carbons (Fsp3) is 0.353. The van der Waals surface area contributed by atoms with Crippen molar-refractivity contribution in [2.75, 3.05) is 25.0 Å². The molecule has 22 heavy (non-hydrogen) atoms. The molecule has 0 aliphatic carbocycles. The number of benzene rings is 1. The van der Waals surface area contributed by atoms with Crippen molar-refractivity contribution in [2.24, 2.45) is 0 Å². The van der Waals surface area contributed by atoms with Crippen molar-refractivity contribution in [1.29, 1.82) is 0 Å². The average Bonchev–Trinajstić information content (AvgIpc) is 2.49. The fourth-order valence-corrected chi connectivity index (χ4v) is 2.79. The minimum atomic E-state index is 0.311. The number of morpholine rings is 1. The zero-order valence-electron chi connectivity index (χ0n) is 12.6. The Hall–Kier alpha value is -1.62. The van der Waals surface area contributed by atoms with Gasteiger partial charge in [0.15, 0.2) is 0 Å². The van der Waals surface area contributed by atoms with Gasteiger partial charge >= 0.3 is 0 Å². The van der Waals surface area contributed by atoms with Gasteiger partial charge < -0.3 is 10.1 Å². The van der Waals surface area contributed by atoms with Crippen LogP contribution in [0.5, 0.6) is 0 Å². The third-order valence-electron chi connectivity index (χ3n) is 3.65. The second kappa shape index (κ2) is 7.09. The van der Waals surface area contributed by atoms with Gasteiger partial charge in [0.1, 0.15) is 5.82 Å². The molecule has 1 aliphatic heterocycles. The number of hydrogen-bond acceptors (Lipinski definition) is 4. The Labute approximate surface area is 136 Å². The first-order valence-electron chi connectivity index (χ1n) is 7.50. The summed E-state index contributed by atoms with van der Waals surface area (Å²) in [7, 11) is 0. The zero-order chi connectivity index (χ0) is 15.4. The van der Waals surface area contributed by atoms with Crippen LogP contribution in [0.15, 0.2) is 42.6 Å². The number of hydrogen-bond donors (Lipinski definition) is 1. The number of rotatable bonds is 4. The molecule has 0 unspecified atom stereocenters. The SMILES string of the molecule is C[C@H]1CN(Cc2ccc(Nc3cccc(Cl)c3)nc2)CCO1. The topological polar surface area (TPSA) is 37.4 Å². The first-order chi connectivity index (χ1) is 10.7. The van der Waals surface area contributed by atoms with Crippen LogP contribution in [-0.2, 0) is 11.3 Å². The van der Waals surface area contributed by atoms with Crippen LogP contribution in [-0.4, -0.2) is 35.7 Å². The summed E-state index contributed by atoms with van der Waals surface area (Å²) in [6, 6.07) is 11.7. The number of aromatic nitrogens is 1. The van der Waals surface area contributed by atoms with Crippen molar-refractivity contribution in [3.63, 3.8) is 0 Å². The molecule has 1 saturated heterocycles. The summed E-state index contributed by atoms with van der Waals surface area (Å²) < 4.78 is 5.56. The zero-order valence-corrected chi connectivity index (χ0v) is 13.4. The van der Waals surface area contributed by atoms with E-state index in [0.717, 1.165) is 37.7 Å². The van der Waals surface area contributed by atoms with Crippen LogP contribution in [0, 0.1) is 0 Å². The highest BCUT2D eigenvalue weighted by Crippen LogP contribution is 2.19. The summed E-state index contributed by atoms with van der Waals surface area (Å²) in [5.74, 6) is 0.821. The summed E-state index contributed by atoms with van der Waals surface area (Å²) in [5, 5.41) is 3.96. The van der Waals surface area contributed by atoms with E-state index >= 15 is 0 Å². The number of pyridine rings is 1. The van der Waals surface area contributed by atoms with Gasteiger partial charge in [-0.15, -0.1) is 0 Å². The van der Waals surface area contributed by atoms with E-state index in [1.807, 2.05) is 36.5 Å². The smallest absolute Gasteiger partial charge is 0.130 e. The van der Waals surface area contributed by atoms with Gasteiger partial charge in [0.25, 0.3) is 0 Å². The van der Waals surface area contributed by atoms with Crippen LogP contribution in [0.1, 0.15) is 12.5 Å². The van der Waals surface area contributed by atoms with Crippen LogP contribution in [0.25, 0.3) is 0 Å². The lowest BCUT2D eigenvalue weighted by Gasteiger charge is -2.30. The lowest BCUT2D eigenvalue weighted by Crippen LogP contribution is -2.40. The lowest BCUT2D eigenvalue weighted by molar-refractivity contribution is -0.0212. The summed E-state index contributed by atoms with van der Waals surface area (Å²) in [5.41, 5.74) is 2.15. The molecule has 1 fully saturated rings. The fourth-order valence-electron chi connectivity index (χ4n) is 2.60. The maximum absolute atomic E-state index is 5.98. The average molecular weight is 318 g/mol. The van der Waals surface area contributed by atoms with Gasteiger partial charge in [-0.05, 0) is 36.8 Å². The van der Waals surface area contributed by atoms with Crippen LogP contribution >= 0.6 is 11.6 Å². The number of ether oxygens (including phenoxy) is 1. The number of halogens is 1. The van der Waals surface area contributed by atoms with Crippen molar-refractivity contribution in [3.8, 4) is 0 Å². The molecular weight excluding hydrogens is 298 g/mol. The normalized spacial score (nSPS) is 19.1. The van der Waals surface area contributed by atoms with E-state index in [1.165, 1.54) is 5.56 Å². The molecule has 2 aromatic rings. The first kappa shape index (κ1) is 15.3. The highest BCUT2D eigenvalue weighted by molar-refractivity contribution is 6.30. The summed E-state index contributed by atoms with van der Waals surface area (Å²) in [6.07, 6.45) is 2.23. The van der Waals surface area contributed by atoms with Crippen LogP contribution < -0.4 is 5.32 Å². The molecule has 1 aromatic heterocycles. The number of nitrogens with one attached hydrogen (secondary N) is 1. The molecule has 0 bridgehead atoms. The van der Waals surface area contributed by atoms with E-state index in [4.69, 9.17) is 16.3 Å². The Kier molecular flexibility index (Phi) is 4.93. The molecule has 3 rings (SSSR count). The molecule has 1 aliphatic rings. The van der Waals surface area contributed by atoms with Gasteiger partial charge in [-0.1, -0.05) is 23.7 Å². The van der Waals surface area contributed by atoms with Gasteiger partial charge in [-0.25, -0.2) is 4.98 Å². The summed E-state index contributed by atoms with van der Waals surface area (Å²) >= 11 is 5.98. The molecule has 0 radical (unpaired) electrons. The second-order valence-electron chi connectivity index (χ2n) is 5.60. The van der Waals surface area contributed by atoms with Gasteiger partial charge in [-0.3, -0.25) is 4.90 Å². The van der Waals surface area contributed by atoms with E-state index in [2.05, 4.69) is 28.2 Å². The van der Waals surface area contributed by atoms with Gasteiger partial charge in [0.2, 0.25) is 0 Å². The lowest BCUT2D eigenvalue weighted by atomic mass is 10.2. The highest BCUT2D eigenvalue weighted by Gasteiger charge is 2.16. The van der Waals surface area contributed by atoms with Crippen LogP contribution in [0.2, 0.25) is 5.02 Å². The second-order valence-corrected chi connectivity index (χ2v) is 6.04. The summed E-state index contributed by atoms with van der Waals surface area (Å²) in [6.45, 7) is 5.79. The Morgan fingerprint density at radius 2 is 2.27 bits per heavy atom. The first-order valence-corrected chi connectivity index (χ1v) is 7.88. The minimum Gasteiger partial charge on any atom is -0.376 e. The van der Waals surface area contributed by atoms with E-state index in [0.29, 0.717) is 11.1 Å². The Balaban J connectivity index is 1.60. The number of anilines is 2. The number of nitrogens with zero attached hydrogens (tertiary/aromatic N) is 2. The van der Waals surface area contributed by atoms with Gasteiger partial charge in [-0.2, -0.15) is 0 Å². The standard InChI is InChI=1S/C17H20ClN3O/c1-13-11-21(7-8-22-13)12-14-5-6-17(19-10-14)20-16-4-2-3-15(18)9-16/h2-6,9-10,13H,7-8,11-12H2,1H3,(H,19,20)/t13-/m0/s1. The Bertz CT molecular complexity index is 618. The van der Waals surface area contributed by atoms with Crippen molar-refractivity contribution in [1.82, 2.24) is 9.88 Å². The molecule has 116 valence electrons. The van der Waals surface area contributed by atoms with Crippen molar-refractivity contribution < 1.29 is 4.74 Å². The Morgan fingerprint density at radius 1 is 1.36 bits per heavy atom. The third-order valence-corrected chi connectivity index (χ3v) is 3.89. The molecule has 2 heterocycles. The maximum Gasteiger partial charge on any atom is 0.130 e. The molecule has 4 nitrogen and oxygen atoms in total. The molecular formula is C17H20ClN3O. The van der Waals surface area contributed by atoms with Crippen molar-refractivity contribution in [2.45, 2.75) is 19.6 Å². The molecule has 0 saturated carbocycles. The van der Waals surface area contributed by atoms with E-state index < -0.39 is 0 Å². The molecule has 5 heteroatoms. The van der Waals surface area contributed by atoms with Gasteiger partial charge in [0, 0.05) is 36.5 Å². The molecule has 0 amide bonds. The molecule has 1 atom stereocenters. The predicted molar refractivity (Wildman–Crippen MR) is 89.7 cm³/mol. The predicted octanol–water partition coefficient (Wildman–Crippen LogP) is 3.70. The molecule has 0 spiro atoms. The largest absolute Gasteiger partial charge is 0.376 e. The third kappa shape index (κ3) is 4.19. The van der Waals surface area contributed by atoms with E-state index in [-0.39, 0.29) is 0 Å². The monoisotopic (exact) mass is 317 g/mol. The van der Waals surface area contributed by atoms with Crippen molar-refractivity contribution in [3.05, 3.63) is 53.2 Å². The van der Waals surface area contributed by atoms with Crippen molar-refractivity contribution >= 4 is 23.1 Å². The van der Waals surface area contributed by atoms with Crippen LogP contribution in [0.4, 0.5) is 11.5 Å². The maximum atomic E-state index is 5.98. The van der Waals surface area contributed by atoms with E-state index in [9.17, 15) is 0 Å². The molecule has 1 N–H and O–H groups in total. The minimum absolute atomic E-state index is 0.311. The Morgan fingerprint density at radius 3 is 3.00 bits per heavy atom. The summed E-state index contributed by atoms with van der Waals surface area (Å²) in [4.78, 5) is 6.87. The highest BCUT2D eigenvalue weighted by atomic mass is 35.5.